The van der Waals surface area contributed by atoms with E-state index in [-0.39, 0.29) is 6.54 Å². The first-order chi connectivity index (χ1) is 11.9. The average Bonchev–Trinajstić information content (AvgIpc) is 3.33. The number of methoxy groups -OCH3 is 2. The first-order valence-electron chi connectivity index (χ1n) is 9.06. The summed E-state index contributed by atoms with van der Waals surface area (Å²) in [7, 11) is 3.02. The Morgan fingerprint density at radius 3 is 2.12 bits per heavy atom. The Labute approximate surface area is 154 Å². The van der Waals surface area contributed by atoms with Crippen molar-refractivity contribution in [3.05, 3.63) is 0 Å². The van der Waals surface area contributed by atoms with Crippen molar-refractivity contribution in [3.63, 3.8) is 0 Å². The van der Waals surface area contributed by atoms with Crippen molar-refractivity contribution in [2.24, 2.45) is 0 Å². The van der Waals surface area contributed by atoms with E-state index < -0.39 is 47.1 Å². The van der Waals surface area contributed by atoms with Crippen LogP contribution in [-0.2, 0) is 23.7 Å². The number of hydrogen-bond donors (Lipinski definition) is 1. The lowest BCUT2D eigenvalue weighted by Crippen LogP contribution is -2.74. The largest absolute Gasteiger partial charge is 0.444 e. The molecule has 150 valence electrons. The fourth-order valence-corrected chi connectivity index (χ4v) is 3.88. The van der Waals surface area contributed by atoms with Crippen molar-refractivity contribution < 1.29 is 33.6 Å². The summed E-state index contributed by atoms with van der Waals surface area (Å²) in [6.45, 7) is 9.16. The summed E-state index contributed by atoms with van der Waals surface area (Å²) in [5, 5.41) is 11.0. The summed E-state index contributed by atoms with van der Waals surface area (Å²) >= 11 is 0. The summed E-state index contributed by atoms with van der Waals surface area (Å²) < 4.78 is 28.9. The molecular weight excluding hydrogens is 342 g/mol. The first kappa shape index (κ1) is 19.8. The number of nitrogens with zero attached hydrogens (tertiary/aromatic N) is 1. The van der Waals surface area contributed by atoms with E-state index >= 15 is 0 Å². The van der Waals surface area contributed by atoms with Gasteiger partial charge in [0.25, 0.3) is 0 Å². The van der Waals surface area contributed by atoms with Crippen LogP contribution in [0.1, 0.15) is 47.5 Å². The number of piperidine rings is 1. The quantitative estimate of drug-likeness (QED) is 0.787. The Morgan fingerprint density at radius 2 is 1.65 bits per heavy atom. The standard InChI is InChI=1S/C18H31NO7/c1-15(2,3)26-14(21)19-10-11-12(13(20)18(19)8-9-18)25-17(5,23-7)16(4,22-6)24-11/h11-13,20H,8-10H2,1-7H3. The number of aliphatic hydroxyl groups excluding tert-OH is 1. The molecule has 0 aromatic rings. The lowest BCUT2D eigenvalue weighted by atomic mass is 9.89. The second kappa shape index (κ2) is 6.04. The third kappa shape index (κ3) is 2.92. The van der Waals surface area contributed by atoms with Crippen LogP contribution < -0.4 is 0 Å². The van der Waals surface area contributed by atoms with E-state index in [1.807, 2.05) is 20.8 Å². The number of amides is 1. The molecule has 1 N–H and O–H groups in total. The molecule has 2 saturated heterocycles. The normalized spacial score (nSPS) is 41.7. The maximum Gasteiger partial charge on any atom is 0.410 e. The van der Waals surface area contributed by atoms with Gasteiger partial charge in [-0.25, -0.2) is 4.79 Å². The number of carbonyl (C=O) groups is 1. The first-order valence-corrected chi connectivity index (χ1v) is 9.06. The third-order valence-electron chi connectivity index (χ3n) is 5.85. The fraction of sp³-hybridized carbons (Fsp3) is 0.944. The molecule has 8 heteroatoms. The summed E-state index contributed by atoms with van der Waals surface area (Å²) in [6.07, 6.45) is -1.13. The van der Waals surface area contributed by atoms with Crippen LogP contribution in [0.25, 0.3) is 0 Å². The maximum absolute atomic E-state index is 12.7. The Kier molecular flexibility index (Phi) is 4.60. The summed E-state index contributed by atoms with van der Waals surface area (Å²) in [6, 6.07) is 0. The minimum atomic E-state index is -1.19. The van der Waals surface area contributed by atoms with Crippen molar-refractivity contribution in [2.75, 3.05) is 20.8 Å². The number of likely N-dealkylation sites (tertiary alicyclic amines) is 1. The molecule has 5 atom stereocenters. The minimum Gasteiger partial charge on any atom is -0.444 e. The third-order valence-corrected chi connectivity index (χ3v) is 5.85. The number of ether oxygens (including phenoxy) is 5. The molecule has 5 unspecified atom stereocenters. The number of aliphatic hydroxyl groups is 1. The van der Waals surface area contributed by atoms with Gasteiger partial charge in [-0.1, -0.05) is 0 Å². The van der Waals surface area contributed by atoms with Crippen molar-refractivity contribution >= 4 is 6.09 Å². The molecule has 0 bridgehead atoms. The van der Waals surface area contributed by atoms with Crippen LogP contribution in [0, 0.1) is 0 Å². The molecule has 0 aromatic heterocycles. The van der Waals surface area contributed by atoms with Crippen LogP contribution >= 0.6 is 0 Å². The van der Waals surface area contributed by atoms with Gasteiger partial charge in [0.1, 0.15) is 23.9 Å². The second-order valence-corrected chi connectivity index (χ2v) is 8.68. The Bertz CT molecular complexity index is 572. The van der Waals surface area contributed by atoms with Crippen LogP contribution in [-0.4, -0.2) is 77.9 Å². The van der Waals surface area contributed by atoms with E-state index in [0.29, 0.717) is 12.8 Å². The zero-order valence-corrected chi connectivity index (χ0v) is 16.7. The molecule has 3 rings (SSSR count). The molecule has 2 heterocycles. The van der Waals surface area contributed by atoms with Crippen molar-refractivity contribution in [3.8, 4) is 0 Å². The van der Waals surface area contributed by atoms with Gasteiger partial charge in [-0.3, -0.25) is 4.90 Å². The van der Waals surface area contributed by atoms with E-state index in [0.717, 1.165) is 0 Å². The zero-order valence-electron chi connectivity index (χ0n) is 16.7. The molecule has 0 aromatic carbocycles. The highest BCUT2D eigenvalue weighted by Crippen LogP contribution is 2.53. The zero-order chi connectivity index (χ0) is 19.5. The average molecular weight is 373 g/mol. The Balaban J connectivity index is 1.88. The lowest BCUT2D eigenvalue weighted by Gasteiger charge is -2.57. The second-order valence-electron chi connectivity index (χ2n) is 8.68. The highest BCUT2D eigenvalue weighted by molar-refractivity contribution is 5.70. The van der Waals surface area contributed by atoms with Gasteiger partial charge in [-0.2, -0.15) is 0 Å². The van der Waals surface area contributed by atoms with E-state index in [4.69, 9.17) is 23.7 Å². The Morgan fingerprint density at radius 1 is 1.12 bits per heavy atom. The highest BCUT2D eigenvalue weighted by atomic mass is 16.8. The van der Waals surface area contributed by atoms with Gasteiger partial charge in [0.2, 0.25) is 11.6 Å². The van der Waals surface area contributed by atoms with Crippen LogP contribution in [0.4, 0.5) is 4.79 Å². The Hall–Kier alpha value is -0.930. The molecule has 3 aliphatic rings. The van der Waals surface area contributed by atoms with Crippen LogP contribution in [0.5, 0.6) is 0 Å². The molecule has 26 heavy (non-hydrogen) atoms. The van der Waals surface area contributed by atoms with E-state index in [1.54, 1.807) is 18.7 Å². The minimum absolute atomic E-state index is 0.259. The van der Waals surface area contributed by atoms with Crippen molar-refractivity contribution in [1.29, 1.82) is 0 Å². The topological polar surface area (TPSA) is 86.7 Å². The van der Waals surface area contributed by atoms with Gasteiger partial charge >= 0.3 is 6.09 Å². The summed E-state index contributed by atoms with van der Waals surface area (Å²) in [5.74, 6) is -2.37. The number of hydrogen-bond acceptors (Lipinski definition) is 7. The van der Waals surface area contributed by atoms with E-state index in [1.165, 1.54) is 14.2 Å². The van der Waals surface area contributed by atoms with E-state index in [9.17, 15) is 9.90 Å². The molecule has 3 fully saturated rings. The molecule has 1 aliphatic carbocycles. The lowest BCUT2D eigenvalue weighted by molar-refractivity contribution is -0.460. The molecule has 1 spiro atoms. The monoisotopic (exact) mass is 373 g/mol. The van der Waals surface area contributed by atoms with Gasteiger partial charge < -0.3 is 28.8 Å². The smallest absolute Gasteiger partial charge is 0.410 e. The number of fused-ring (bicyclic) bond motifs is 1. The van der Waals surface area contributed by atoms with E-state index in [2.05, 4.69) is 0 Å². The maximum atomic E-state index is 12.7. The molecular formula is C18H31NO7. The fourth-order valence-electron chi connectivity index (χ4n) is 3.88. The van der Waals surface area contributed by atoms with Crippen molar-refractivity contribution in [1.82, 2.24) is 4.90 Å². The van der Waals surface area contributed by atoms with Crippen LogP contribution in [0.2, 0.25) is 0 Å². The predicted molar refractivity (Wildman–Crippen MR) is 91.5 cm³/mol. The molecule has 0 radical (unpaired) electrons. The van der Waals surface area contributed by atoms with Crippen LogP contribution in [0.3, 0.4) is 0 Å². The van der Waals surface area contributed by atoms with Gasteiger partial charge in [-0.15, -0.1) is 0 Å². The van der Waals surface area contributed by atoms with Gasteiger partial charge in [-0.05, 0) is 47.5 Å². The predicted octanol–water partition coefficient (Wildman–Crippen LogP) is 1.64. The molecule has 1 amide bonds. The number of carbonyl (C=O) groups excluding carboxylic acids is 1. The highest BCUT2D eigenvalue weighted by Gasteiger charge is 2.68. The molecule has 1 saturated carbocycles. The van der Waals surface area contributed by atoms with Gasteiger partial charge in [0.05, 0.1) is 12.1 Å². The number of rotatable bonds is 2. The van der Waals surface area contributed by atoms with Gasteiger partial charge in [0.15, 0.2) is 0 Å². The SMILES string of the molecule is COC1(C)OC2CN(C(=O)OC(C)(C)C)C3(CC3)C(O)C2OC1(C)OC. The molecule has 2 aliphatic heterocycles. The molecule has 8 nitrogen and oxygen atoms in total. The van der Waals surface area contributed by atoms with Crippen molar-refractivity contribution in [2.45, 2.75) is 88.5 Å². The van der Waals surface area contributed by atoms with Crippen LogP contribution in [0.15, 0.2) is 0 Å². The summed E-state index contributed by atoms with van der Waals surface area (Å²) in [4.78, 5) is 14.3. The summed E-state index contributed by atoms with van der Waals surface area (Å²) in [5.41, 5.74) is -1.28. The van der Waals surface area contributed by atoms with Gasteiger partial charge in [0, 0.05) is 14.2 Å².